The molecule has 2 fully saturated rings. The Labute approximate surface area is 212 Å². The van der Waals surface area contributed by atoms with Crippen molar-refractivity contribution in [2.24, 2.45) is 11.8 Å². The summed E-state index contributed by atoms with van der Waals surface area (Å²) in [5, 5.41) is 3.19. The highest BCUT2D eigenvalue weighted by Gasteiger charge is 2.43. The lowest BCUT2D eigenvalue weighted by Crippen LogP contribution is -2.42. The molecule has 0 spiro atoms. The van der Waals surface area contributed by atoms with Gasteiger partial charge in [0.1, 0.15) is 11.6 Å². The first-order valence-corrected chi connectivity index (χ1v) is 12.4. The summed E-state index contributed by atoms with van der Waals surface area (Å²) >= 11 is 0. The van der Waals surface area contributed by atoms with Gasteiger partial charge in [0, 0.05) is 25.7 Å². The number of nitrogens with zero attached hydrogens (tertiary/aromatic N) is 1. The van der Waals surface area contributed by atoms with Crippen molar-refractivity contribution in [2.75, 3.05) is 13.1 Å². The predicted molar refractivity (Wildman–Crippen MR) is 130 cm³/mol. The maximum Gasteiger partial charge on any atom is 0.416 e. The summed E-state index contributed by atoms with van der Waals surface area (Å²) in [5.41, 5.74) is 1.18. The third-order valence-corrected chi connectivity index (χ3v) is 7.59. The van der Waals surface area contributed by atoms with E-state index in [1.54, 1.807) is 30.3 Å². The van der Waals surface area contributed by atoms with Crippen LogP contribution in [0.25, 0.3) is 0 Å². The number of nitrogens with one attached hydrogen (secondary N) is 1. The van der Waals surface area contributed by atoms with E-state index in [1.807, 2.05) is 0 Å². The maximum atomic E-state index is 13.5. The van der Waals surface area contributed by atoms with Gasteiger partial charge in [0.15, 0.2) is 0 Å². The molecular formula is C29H27F5N2O. The lowest BCUT2D eigenvalue weighted by Gasteiger charge is -2.25. The van der Waals surface area contributed by atoms with Gasteiger partial charge in [0.2, 0.25) is 5.91 Å². The summed E-state index contributed by atoms with van der Waals surface area (Å²) in [5.74, 6) is -1.23. The minimum absolute atomic E-state index is 0.0765. The number of benzene rings is 3. The molecule has 1 N–H and O–H groups in total. The molecule has 1 aliphatic carbocycles. The number of hydrogen-bond donors (Lipinski definition) is 1. The zero-order chi connectivity index (χ0) is 26.2. The SMILES string of the molecule is O=C(NC1CCC2CN(Cc3cccc(C(F)(F)F)c3)CC21)C(c1ccc(F)cc1)c1ccc(F)cc1. The van der Waals surface area contributed by atoms with Crippen LogP contribution in [0.1, 0.15) is 41.0 Å². The quantitative estimate of drug-likeness (QED) is 0.401. The molecule has 1 saturated heterocycles. The standard InChI is InChI=1S/C29H27F5N2O/c30-23-9-4-19(5-10-23)27(20-6-11-24(31)12-7-20)28(37)35-26-13-8-21-16-36(17-25(21)26)15-18-2-1-3-22(14-18)29(32,33)34/h1-7,9-12,14,21,25-27H,8,13,15-17H2,(H,35,37). The molecule has 3 nitrogen and oxygen atoms in total. The summed E-state index contributed by atoms with van der Waals surface area (Å²) in [6.07, 6.45) is -2.64. The van der Waals surface area contributed by atoms with Gasteiger partial charge in [0.25, 0.3) is 0 Å². The van der Waals surface area contributed by atoms with Crippen molar-refractivity contribution in [3.8, 4) is 0 Å². The molecule has 3 aromatic rings. The van der Waals surface area contributed by atoms with Crippen molar-refractivity contribution in [3.05, 3.63) is 107 Å². The molecule has 2 aliphatic rings. The molecule has 3 unspecified atom stereocenters. The van der Waals surface area contributed by atoms with E-state index >= 15 is 0 Å². The lowest BCUT2D eigenvalue weighted by atomic mass is 9.89. The molecule has 0 aromatic heterocycles. The van der Waals surface area contributed by atoms with E-state index in [0.29, 0.717) is 35.7 Å². The number of carbonyl (C=O) groups is 1. The predicted octanol–water partition coefficient (Wildman–Crippen LogP) is 6.14. The van der Waals surface area contributed by atoms with Gasteiger partial charge in [-0.2, -0.15) is 13.2 Å². The van der Waals surface area contributed by atoms with Crippen LogP contribution in [0.2, 0.25) is 0 Å². The number of carbonyl (C=O) groups excluding carboxylic acids is 1. The summed E-state index contributed by atoms with van der Waals surface area (Å²) in [4.78, 5) is 15.7. The normalized spacial score (nSPS) is 21.8. The largest absolute Gasteiger partial charge is 0.416 e. The average molecular weight is 515 g/mol. The highest BCUT2D eigenvalue weighted by Crippen LogP contribution is 2.39. The van der Waals surface area contributed by atoms with Crippen molar-refractivity contribution in [3.63, 3.8) is 0 Å². The second-order valence-electron chi connectivity index (χ2n) is 10.0. The fourth-order valence-electron chi connectivity index (χ4n) is 5.84. The van der Waals surface area contributed by atoms with Crippen LogP contribution < -0.4 is 5.32 Å². The van der Waals surface area contributed by atoms with Crippen LogP contribution in [0, 0.1) is 23.5 Å². The fourth-order valence-corrected chi connectivity index (χ4v) is 5.84. The van der Waals surface area contributed by atoms with Crippen LogP contribution in [0.4, 0.5) is 22.0 Å². The van der Waals surface area contributed by atoms with Crippen LogP contribution >= 0.6 is 0 Å². The molecular weight excluding hydrogens is 487 g/mol. The first-order valence-electron chi connectivity index (χ1n) is 12.4. The zero-order valence-electron chi connectivity index (χ0n) is 20.0. The molecule has 37 heavy (non-hydrogen) atoms. The van der Waals surface area contributed by atoms with Crippen molar-refractivity contribution >= 4 is 5.91 Å². The highest BCUT2D eigenvalue weighted by molar-refractivity contribution is 5.87. The Morgan fingerprint density at radius 3 is 2.11 bits per heavy atom. The number of rotatable bonds is 6. The number of fused-ring (bicyclic) bond motifs is 1. The smallest absolute Gasteiger partial charge is 0.352 e. The number of likely N-dealkylation sites (tertiary alicyclic amines) is 1. The van der Waals surface area contributed by atoms with Crippen LogP contribution in [0.5, 0.6) is 0 Å². The molecule has 1 heterocycles. The van der Waals surface area contributed by atoms with Crippen LogP contribution in [-0.4, -0.2) is 29.9 Å². The molecule has 1 aliphatic heterocycles. The Morgan fingerprint density at radius 2 is 1.51 bits per heavy atom. The molecule has 0 bridgehead atoms. The first kappa shape index (κ1) is 25.4. The highest BCUT2D eigenvalue weighted by atomic mass is 19.4. The van der Waals surface area contributed by atoms with E-state index in [1.165, 1.54) is 36.4 Å². The molecule has 1 saturated carbocycles. The van der Waals surface area contributed by atoms with Crippen molar-refractivity contribution in [1.82, 2.24) is 10.2 Å². The lowest BCUT2D eigenvalue weighted by molar-refractivity contribution is -0.137. The molecule has 194 valence electrons. The second-order valence-corrected chi connectivity index (χ2v) is 10.0. The molecule has 5 rings (SSSR count). The summed E-state index contributed by atoms with van der Waals surface area (Å²) in [6, 6.07) is 16.8. The second kappa shape index (κ2) is 10.2. The van der Waals surface area contributed by atoms with Crippen LogP contribution in [0.15, 0.2) is 72.8 Å². The van der Waals surface area contributed by atoms with Crippen molar-refractivity contribution in [2.45, 2.75) is 37.5 Å². The molecule has 1 amide bonds. The van der Waals surface area contributed by atoms with Gasteiger partial charge in [-0.3, -0.25) is 9.69 Å². The van der Waals surface area contributed by atoms with E-state index in [9.17, 15) is 26.7 Å². The average Bonchev–Trinajstić information content (AvgIpc) is 3.42. The Bertz CT molecular complexity index is 1200. The van der Waals surface area contributed by atoms with Gasteiger partial charge in [0.05, 0.1) is 11.5 Å². The monoisotopic (exact) mass is 514 g/mol. The third kappa shape index (κ3) is 5.69. The number of halogens is 5. The summed E-state index contributed by atoms with van der Waals surface area (Å²) in [7, 11) is 0. The summed E-state index contributed by atoms with van der Waals surface area (Å²) < 4.78 is 66.4. The van der Waals surface area contributed by atoms with E-state index < -0.39 is 29.3 Å². The fraction of sp³-hybridized carbons (Fsp3) is 0.345. The maximum absolute atomic E-state index is 13.5. The third-order valence-electron chi connectivity index (χ3n) is 7.59. The number of amides is 1. The van der Waals surface area contributed by atoms with Crippen molar-refractivity contribution in [1.29, 1.82) is 0 Å². The minimum Gasteiger partial charge on any atom is -0.352 e. The van der Waals surface area contributed by atoms with Gasteiger partial charge in [-0.25, -0.2) is 8.78 Å². The Kier molecular flexibility index (Phi) is 7.03. The van der Waals surface area contributed by atoms with E-state index in [4.69, 9.17) is 0 Å². The zero-order valence-corrected chi connectivity index (χ0v) is 20.0. The van der Waals surface area contributed by atoms with Crippen molar-refractivity contribution < 1.29 is 26.7 Å². The Morgan fingerprint density at radius 1 is 0.892 bits per heavy atom. The summed E-state index contributed by atoms with van der Waals surface area (Å²) in [6.45, 7) is 1.88. The first-order chi connectivity index (χ1) is 17.7. The Balaban J connectivity index is 1.29. The van der Waals surface area contributed by atoms with Gasteiger partial charge in [-0.15, -0.1) is 0 Å². The van der Waals surface area contributed by atoms with Crippen LogP contribution in [-0.2, 0) is 17.5 Å². The van der Waals surface area contributed by atoms with Gasteiger partial charge >= 0.3 is 6.18 Å². The number of hydrogen-bond acceptors (Lipinski definition) is 2. The molecule has 3 aromatic carbocycles. The van der Waals surface area contributed by atoms with Gasteiger partial charge in [-0.1, -0.05) is 42.5 Å². The molecule has 8 heteroatoms. The topological polar surface area (TPSA) is 32.3 Å². The molecule has 3 atom stereocenters. The van der Waals surface area contributed by atoms with E-state index in [2.05, 4.69) is 10.2 Å². The van der Waals surface area contributed by atoms with Gasteiger partial charge in [-0.05, 0) is 71.7 Å². The van der Waals surface area contributed by atoms with Gasteiger partial charge < -0.3 is 5.32 Å². The molecule has 0 radical (unpaired) electrons. The van der Waals surface area contributed by atoms with Crippen LogP contribution in [0.3, 0.4) is 0 Å². The number of alkyl halides is 3. The Hall–Kier alpha value is -3.26. The van der Waals surface area contributed by atoms with E-state index in [-0.39, 0.29) is 17.9 Å². The van der Waals surface area contributed by atoms with E-state index in [0.717, 1.165) is 25.5 Å². The minimum atomic E-state index is -4.38.